The predicted octanol–water partition coefficient (Wildman–Crippen LogP) is 5.70. The molecule has 0 heterocycles. The van der Waals surface area contributed by atoms with Gasteiger partial charge in [-0.2, -0.15) is 5.26 Å². The fraction of sp³-hybridized carbons (Fsp3) is 0.944. The Morgan fingerprint density at radius 1 is 0.947 bits per heavy atom. The van der Waals surface area contributed by atoms with Crippen molar-refractivity contribution in [1.29, 1.82) is 5.26 Å². The number of nitriles is 1. The topological polar surface area (TPSA) is 23.8 Å². The van der Waals surface area contributed by atoms with Crippen molar-refractivity contribution in [2.24, 2.45) is 22.7 Å². The summed E-state index contributed by atoms with van der Waals surface area (Å²) in [5.74, 6) is 1.03. The standard InChI is InChI=1S/C18H31N/c1-15-8-11-18(3,13-16(12-15)14-19)17(2)9-6-4-5-7-10-17/h15-16H,4-13H2,1-3H3. The van der Waals surface area contributed by atoms with Crippen LogP contribution in [-0.2, 0) is 0 Å². The third-order valence-corrected chi connectivity index (χ3v) is 6.42. The van der Waals surface area contributed by atoms with Gasteiger partial charge in [-0.3, -0.25) is 0 Å². The normalized spacial score (nSPS) is 39.9. The number of hydrogen-bond acceptors (Lipinski definition) is 1. The molecule has 2 rings (SSSR count). The van der Waals surface area contributed by atoms with Gasteiger partial charge in [0, 0.05) is 5.92 Å². The van der Waals surface area contributed by atoms with E-state index in [2.05, 4.69) is 26.8 Å². The monoisotopic (exact) mass is 261 g/mol. The molecule has 2 aliphatic carbocycles. The predicted molar refractivity (Wildman–Crippen MR) is 80.7 cm³/mol. The molecule has 2 saturated carbocycles. The molecule has 19 heavy (non-hydrogen) atoms. The van der Waals surface area contributed by atoms with E-state index >= 15 is 0 Å². The van der Waals surface area contributed by atoms with E-state index in [1.165, 1.54) is 51.4 Å². The molecule has 3 unspecified atom stereocenters. The molecule has 108 valence electrons. The van der Waals surface area contributed by atoms with Crippen molar-refractivity contribution in [2.45, 2.75) is 85.0 Å². The molecular weight excluding hydrogens is 230 g/mol. The van der Waals surface area contributed by atoms with Crippen LogP contribution < -0.4 is 0 Å². The smallest absolute Gasteiger partial charge is 0.0656 e. The Kier molecular flexibility index (Phi) is 4.59. The maximum atomic E-state index is 9.45. The second-order valence-corrected chi connectivity index (χ2v) is 7.95. The van der Waals surface area contributed by atoms with Gasteiger partial charge >= 0.3 is 0 Å². The first-order chi connectivity index (χ1) is 8.99. The highest BCUT2D eigenvalue weighted by Gasteiger charge is 2.46. The summed E-state index contributed by atoms with van der Waals surface area (Å²) in [7, 11) is 0. The average Bonchev–Trinajstić information content (AvgIpc) is 2.69. The molecule has 0 radical (unpaired) electrons. The van der Waals surface area contributed by atoms with Crippen molar-refractivity contribution in [3.63, 3.8) is 0 Å². The number of hydrogen-bond donors (Lipinski definition) is 0. The number of nitrogens with zero attached hydrogens (tertiary/aromatic N) is 1. The van der Waals surface area contributed by atoms with E-state index in [9.17, 15) is 5.26 Å². The Hall–Kier alpha value is -0.510. The summed E-state index contributed by atoms with van der Waals surface area (Å²) in [5, 5.41) is 9.45. The SMILES string of the molecule is CC1CCC(C)(C2(C)CCCCCC2)CC(C#N)C1. The lowest BCUT2D eigenvalue weighted by Gasteiger charge is -2.47. The van der Waals surface area contributed by atoms with Gasteiger partial charge in [0.25, 0.3) is 0 Å². The van der Waals surface area contributed by atoms with Gasteiger partial charge in [-0.05, 0) is 48.9 Å². The van der Waals surface area contributed by atoms with Crippen LogP contribution in [0.25, 0.3) is 0 Å². The molecule has 0 bridgehead atoms. The Balaban J connectivity index is 2.20. The van der Waals surface area contributed by atoms with Crippen molar-refractivity contribution in [3.8, 4) is 6.07 Å². The van der Waals surface area contributed by atoms with E-state index in [-0.39, 0.29) is 0 Å². The zero-order valence-corrected chi connectivity index (χ0v) is 13.2. The lowest BCUT2D eigenvalue weighted by atomic mass is 9.57. The highest BCUT2D eigenvalue weighted by atomic mass is 14.5. The molecule has 0 spiro atoms. The zero-order chi connectivity index (χ0) is 13.9. The van der Waals surface area contributed by atoms with Gasteiger partial charge in [0.15, 0.2) is 0 Å². The molecule has 0 amide bonds. The molecule has 0 aromatic carbocycles. The van der Waals surface area contributed by atoms with Gasteiger partial charge in [0.05, 0.1) is 6.07 Å². The first kappa shape index (κ1) is 14.9. The van der Waals surface area contributed by atoms with Crippen molar-refractivity contribution in [1.82, 2.24) is 0 Å². The van der Waals surface area contributed by atoms with E-state index in [0.29, 0.717) is 16.7 Å². The summed E-state index contributed by atoms with van der Waals surface area (Å²) in [5.41, 5.74) is 0.866. The molecular formula is C18H31N. The highest BCUT2D eigenvalue weighted by Crippen LogP contribution is 2.56. The largest absolute Gasteiger partial charge is 0.198 e. The molecule has 0 aliphatic heterocycles. The van der Waals surface area contributed by atoms with Gasteiger partial charge in [0.2, 0.25) is 0 Å². The van der Waals surface area contributed by atoms with Crippen LogP contribution in [-0.4, -0.2) is 0 Å². The summed E-state index contributed by atoms with van der Waals surface area (Å²) in [6, 6.07) is 2.60. The third kappa shape index (κ3) is 3.15. The summed E-state index contributed by atoms with van der Waals surface area (Å²) >= 11 is 0. The first-order valence-corrected chi connectivity index (χ1v) is 8.39. The van der Waals surface area contributed by atoms with Crippen LogP contribution in [0.2, 0.25) is 0 Å². The second-order valence-electron chi connectivity index (χ2n) is 7.95. The minimum Gasteiger partial charge on any atom is -0.198 e. The maximum absolute atomic E-state index is 9.45. The van der Waals surface area contributed by atoms with Gasteiger partial charge in [-0.1, -0.05) is 52.9 Å². The molecule has 0 aromatic heterocycles. The molecule has 0 aromatic rings. The second kappa shape index (κ2) is 5.86. The van der Waals surface area contributed by atoms with Crippen LogP contribution >= 0.6 is 0 Å². The zero-order valence-electron chi connectivity index (χ0n) is 13.2. The summed E-state index contributed by atoms with van der Waals surface area (Å²) < 4.78 is 0. The van der Waals surface area contributed by atoms with Crippen molar-refractivity contribution < 1.29 is 0 Å². The van der Waals surface area contributed by atoms with E-state index < -0.39 is 0 Å². The molecule has 1 nitrogen and oxygen atoms in total. The van der Waals surface area contributed by atoms with E-state index in [1.54, 1.807) is 0 Å². The minimum absolute atomic E-state index is 0.294. The van der Waals surface area contributed by atoms with Crippen LogP contribution in [0.5, 0.6) is 0 Å². The lowest BCUT2D eigenvalue weighted by molar-refractivity contribution is 0.0281. The highest BCUT2D eigenvalue weighted by molar-refractivity contribution is 5.00. The van der Waals surface area contributed by atoms with Crippen LogP contribution in [0.4, 0.5) is 0 Å². The molecule has 2 aliphatic rings. The Bertz CT molecular complexity index is 332. The van der Waals surface area contributed by atoms with Crippen molar-refractivity contribution in [3.05, 3.63) is 0 Å². The average molecular weight is 261 g/mol. The molecule has 0 N–H and O–H groups in total. The van der Waals surface area contributed by atoms with Crippen LogP contribution in [0.3, 0.4) is 0 Å². The first-order valence-electron chi connectivity index (χ1n) is 8.39. The van der Waals surface area contributed by atoms with Crippen LogP contribution in [0.15, 0.2) is 0 Å². The fourth-order valence-corrected chi connectivity index (χ4v) is 4.66. The number of rotatable bonds is 1. The van der Waals surface area contributed by atoms with E-state index in [4.69, 9.17) is 0 Å². The van der Waals surface area contributed by atoms with E-state index in [0.717, 1.165) is 18.8 Å². The third-order valence-electron chi connectivity index (χ3n) is 6.42. The van der Waals surface area contributed by atoms with E-state index in [1.807, 2.05) is 0 Å². The Labute approximate surface area is 119 Å². The van der Waals surface area contributed by atoms with Crippen LogP contribution in [0, 0.1) is 34.0 Å². The summed E-state index contributed by atoms with van der Waals surface area (Å²) in [6.07, 6.45) is 13.3. The fourth-order valence-electron chi connectivity index (χ4n) is 4.66. The summed E-state index contributed by atoms with van der Waals surface area (Å²) in [6.45, 7) is 7.37. The minimum atomic E-state index is 0.294. The summed E-state index contributed by atoms with van der Waals surface area (Å²) in [4.78, 5) is 0. The Morgan fingerprint density at radius 2 is 1.58 bits per heavy atom. The maximum Gasteiger partial charge on any atom is 0.0656 e. The molecule has 3 atom stereocenters. The van der Waals surface area contributed by atoms with Gasteiger partial charge < -0.3 is 0 Å². The van der Waals surface area contributed by atoms with Gasteiger partial charge in [0.1, 0.15) is 0 Å². The van der Waals surface area contributed by atoms with Crippen molar-refractivity contribution >= 4 is 0 Å². The quantitative estimate of drug-likeness (QED) is 0.555. The molecule has 2 fully saturated rings. The molecule has 1 heteroatoms. The lowest BCUT2D eigenvalue weighted by Crippen LogP contribution is -2.38. The Morgan fingerprint density at radius 3 is 2.16 bits per heavy atom. The molecule has 0 saturated heterocycles. The van der Waals surface area contributed by atoms with Gasteiger partial charge in [-0.25, -0.2) is 0 Å². The van der Waals surface area contributed by atoms with Gasteiger partial charge in [-0.15, -0.1) is 0 Å². The van der Waals surface area contributed by atoms with Crippen LogP contribution in [0.1, 0.15) is 85.0 Å². The van der Waals surface area contributed by atoms with Crippen molar-refractivity contribution in [2.75, 3.05) is 0 Å².